The number of pyridine rings is 1. The Labute approximate surface area is 482 Å². The second kappa shape index (κ2) is 17.9. The number of fused-ring (bicyclic) bond motifs is 24. The first-order valence-corrected chi connectivity index (χ1v) is 27.7. The molecule has 0 bridgehead atoms. The summed E-state index contributed by atoms with van der Waals surface area (Å²) < 4.78 is 99.2. The van der Waals surface area contributed by atoms with Crippen molar-refractivity contribution in [3.05, 3.63) is 184 Å². The van der Waals surface area contributed by atoms with E-state index in [1.165, 1.54) is 0 Å². The third-order valence-electron chi connectivity index (χ3n) is 17.6. The summed E-state index contributed by atoms with van der Waals surface area (Å²) in [5, 5.41) is 40.5. The van der Waals surface area contributed by atoms with Gasteiger partial charge in [-0.15, -0.1) is 0 Å². The first-order chi connectivity index (χ1) is 41.7. The molecule has 12 nitrogen and oxygen atoms in total. The number of halogens is 4. The summed E-state index contributed by atoms with van der Waals surface area (Å²) in [6.45, 7) is 8.32. The molecule has 0 spiro atoms. The minimum Gasteiger partial charge on any atom is -0.451 e. The lowest BCUT2D eigenvalue weighted by molar-refractivity contribution is 0.468. The molecule has 0 amide bonds. The number of aromatic nitrogens is 5. The van der Waals surface area contributed by atoms with Crippen molar-refractivity contribution in [1.82, 2.24) is 23.3 Å². The topological polar surface area (TPSA) is 157 Å². The highest BCUT2D eigenvalue weighted by Crippen LogP contribution is 2.49. The van der Waals surface area contributed by atoms with Crippen LogP contribution in [0.1, 0.15) is 38.9 Å². The first-order valence-electron chi connectivity index (χ1n) is 27.7. The van der Waals surface area contributed by atoms with Gasteiger partial charge >= 0.3 is 0 Å². The lowest BCUT2D eigenvalue weighted by atomic mass is 9.96. The lowest BCUT2D eigenvalue weighted by Gasteiger charge is -2.14. The smallest absolute Gasteiger partial charge is 0.267 e. The third-order valence-corrected chi connectivity index (χ3v) is 17.6. The van der Waals surface area contributed by atoms with E-state index in [2.05, 4.69) is 41.5 Å². The summed E-state index contributed by atoms with van der Waals surface area (Å²) in [7, 11) is 3.99. The predicted octanol–water partition coefficient (Wildman–Crippen LogP) is 18.2. The van der Waals surface area contributed by atoms with E-state index in [0.717, 1.165) is 87.2 Å². The van der Waals surface area contributed by atoms with Gasteiger partial charge in [0, 0.05) is 125 Å². The molecule has 0 radical (unpaired) electrons. The van der Waals surface area contributed by atoms with Gasteiger partial charge in [0.1, 0.15) is 57.2 Å². The number of hydrogen-bond acceptors (Lipinski definition) is 8. The first kappa shape index (κ1) is 50.4. The summed E-state index contributed by atoms with van der Waals surface area (Å²) in [4.78, 5) is 3.94. The quantitative estimate of drug-likeness (QED) is 0.125. The molecule has 0 aliphatic heterocycles. The monoisotopic (exact) mass is 1130 g/mol. The molecule has 7 aromatic heterocycles. The van der Waals surface area contributed by atoms with Gasteiger partial charge in [0.25, 0.3) is 11.7 Å². The molecule has 9 aromatic carbocycles. The molecule has 0 fully saturated rings. The molecule has 0 aliphatic carbocycles. The summed E-state index contributed by atoms with van der Waals surface area (Å²) in [5.74, 6) is -6.00. The van der Waals surface area contributed by atoms with Crippen molar-refractivity contribution in [2.24, 2.45) is 14.1 Å². The number of benzene rings is 9. The van der Waals surface area contributed by atoms with E-state index in [0.29, 0.717) is 68.1 Å². The van der Waals surface area contributed by atoms with E-state index in [1.807, 2.05) is 151 Å². The number of nitriles is 3. The SMILES string of the molecule is Cc1cc2c(c3ccccc3n2C)c2c1oc1c(C#N)c(F)c(F)nc1oc1c(C)cc3c(c4ccccc4n3CCn3c4ccccc4c4c5c(oc6c(C#N)c(F)c(F)c(C#N)c6oc6c(C)cc7c(c8ccccc8n7C)c65)c(C)cc43)c12. The zero-order chi connectivity index (χ0) is 59.0. The van der Waals surface area contributed by atoms with Crippen LogP contribution in [0.25, 0.3) is 154 Å². The van der Waals surface area contributed by atoms with Crippen molar-refractivity contribution in [2.45, 2.75) is 40.8 Å². The fraction of sp³-hybridized carbons (Fsp3) is 0.114. The molecule has 0 saturated heterocycles. The number of hydrogen-bond donors (Lipinski definition) is 0. The van der Waals surface area contributed by atoms with Crippen LogP contribution in [0.15, 0.2) is 139 Å². The van der Waals surface area contributed by atoms with Gasteiger partial charge in [-0.25, -0.2) is 13.2 Å². The Morgan fingerprint density at radius 1 is 0.372 bits per heavy atom. The molecule has 86 heavy (non-hydrogen) atoms. The van der Waals surface area contributed by atoms with Gasteiger partial charge in [-0.1, -0.05) is 72.8 Å². The van der Waals surface area contributed by atoms with Crippen LogP contribution in [0.5, 0.6) is 0 Å². The molecule has 0 saturated carbocycles. The van der Waals surface area contributed by atoms with Crippen LogP contribution < -0.4 is 0 Å². The molecule has 0 N–H and O–H groups in total. The highest BCUT2D eigenvalue weighted by Gasteiger charge is 2.30. The summed E-state index contributed by atoms with van der Waals surface area (Å²) in [5.41, 5.74) is 7.03. The molecule has 7 heterocycles. The van der Waals surface area contributed by atoms with E-state index in [1.54, 1.807) is 12.1 Å². The molecule has 16 rings (SSSR count). The molecular formula is C70H42F4N8O4. The fourth-order valence-corrected chi connectivity index (χ4v) is 13.9. The summed E-state index contributed by atoms with van der Waals surface area (Å²) in [6, 6.07) is 45.6. The van der Waals surface area contributed by atoms with Crippen molar-refractivity contribution >= 4 is 154 Å². The van der Waals surface area contributed by atoms with Gasteiger partial charge in [-0.2, -0.15) is 25.2 Å². The normalized spacial score (nSPS) is 12.1. The van der Waals surface area contributed by atoms with E-state index in [9.17, 15) is 15.8 Å². The van der Waals surface area contributed by atoms with Crippen molar-refractivity contribution in [1.29, 1.82) is 15.8 Å². The Bertz CT molecular complexity index is 6150. The van der Waals surface area contributed by atoms with Gasteiger partial charge in [-0.05, 0) is 98.5 Å². The Kier molecular flexibility index (Phi) is 10.5. The highest BCUT2D eigenvalue weighted by molar-refractivity contribution is 6.36. The molecular weight excluding hydrogens is 1090 g/mol. The molecule has 16 aromatic rings. The zero-order valence-electron chi connectivity index (χ0n) is 46.7. The Balaban J connectivity index is 1.04. The van der Waals surface area contributed by atoms with E-state index >= 15 is 17.6 Å². The summed E-state index contributed by atoms with van der Waals surface area (Å²) >= 11 is 0. The predicted molar refractivity (Wildman–Crippen MR) is 327 cm³/mol. The maximum atomic E-state index is 16.1. The van der Waals surface area contributed by atoms with Crippen molar-refractivity contribution in [3.63, 3.8) is 0 Å². The van der Waals surface area contributed by atoms with Gasteiger partial charge < -0.3 is 35.9 Å². The molecule has 16 heteroatoms. The Hall–Kier alpha value is -11.3. The van der Waals surface area contributed by atoms with Crippen LogP contribution in [0.2, 0.25) is 0 Å². The number of aryl methyl sites for hydroxylation is 8. The molecule has 414 valence electrons. The maximum absolute atomic E-state index is 16.1. The summed E-state index contributed by atoms with van der Waals surface area (Å²) in [6.07, 6.45) is 0. The Morgan fingerprint density at radius 2 is 0.686 bits per heavy atom. The number of rotatable bonds is 3. The van der Waals surface area contributed by atoms with Gasteiger partial charge in [0.2, 0.25) is 5.58 Å². The maximum Gasteiger partial charge on any atom is 0.267 e. The minimum atomic E-state index is -1.53. The molecule has 0 aliphatic rings. The van der Waals surface area contributed by atoms with Gasteiger partial charge in [0.15, 0.2) is 28.6 Å². The standard InChI is InChI=1S/C70H42F4N8O4/c1-32-25-47-51(36-15-7-11-19-43(36)79(47)5)55-57-53-38-17-9-13-21-45(38)81(49(53)27-34(3)63(57)84-67-41(30-76)60(72)59(71)40(29-75)66(67)83-62(32)55)23-24-82-46-22-14-10-18-39(46)54-50(82)28-35(4)65-58(54)56-52-37-16-8-12-20-44(37)80(6)48(52)26-33(2)64(56)85-68-42(31-77)61(73)69(74)78-70(68)86-65/h7-22,25-28H,23-24H2,1-6H3. The Morgan fingerprint density at radius 3 is 1.08 bits per heavy atom. The second-order valence-electron chi connectivity index (χ2n) is 22.2. The lowest BCUT2D eigenvalue weighted by Crippen LogP contribution is -2.07. The highest BCUT2D eigenvalue weighted by atomic mass is 19.2. The number of nitrogens with zero attached hydrogens (tertiary/aromatic N) is 8. The molecule has 0 atom stereocenters. The zero-order valence-corrected chi connectivity index (χ0v) is 46.7. The van der Waals surface area contributed by atoms with Crippen LogP contribution in [0.4, 0.5) is 17.6 Å². The van der Waals surface area contributed by atoms with Crippen LogP contribution in [-0.4, -0.2) is 23.3 Å². The van der Waals surface area contributed by atoms with E-state index in [4.69, 9.17) is 17.7 Å². The van der Waals surface area contributed by atoms with E-state index in [-0.39, 0.29) is 16.7 Å². The van der Waals surface area contributed by atoms with Crippen LogP contribution in [0, 0.1) is 85.1 Å². The van der Waals surface area contributed by atoms with Crippen LogP contribution in [-0.2, 0) is 27.2 Å². The second-order valence-corrected chi connectivity index (χ2v) is 22.2. The van der Waals surface area contributed by atoms with Crippen LogP contribution in [0.3, 0.4) is 0 Å². The van der Waals surface area contributed by atoms with Gasteiger partial charge in [0.05, 0.1) is 11.0 Å². The average Bonchev–Trinajstić information content (AvgIpc) is 1.51. The largest absolute Gasteiger partial charge is 0.451 e. The third kappa shape index (κ3) is 6.51. The van der Waals surface area contributed by atoms with Crippen LogP contribution >= 0.6 is 0 Å². The number of para-hydroxylation sites is 4. The van der Waals surface area contributed by atoms with E-state index < -0.39 is 57.0 Å². The molecule has 0 unspecified atom stereocenters. The minimum absolute atomic E-state index is 0.267. The van der Waals surface area contributed by atoms with Crippen molar-refractivity contribution in [2.75, 3.05) is 0 Å². The van der Waals surface area contributed by atoms with Gasteiger partial charge in [-0.3, -0.25) is 0 Å². The van der Waals surface area contributed by atoms with Crippen molar-refractivity contribution < 1.29 is 35.2 Å². The average molecular weight is 1140 g/mol. The fourth-order valence-electron chi connectivity index (χ4n) is 13.9. The van der Waals surface area contributed by atoms with Crippen molar-refractivity contribution in [3.8, 4) is 18.2 Å².